The summed E-state index contributed by atoms with van der Waals surface area (Å²) in [4.78, 5) is 12.5. The Kier molecular flexibility index (Phi) is 4.06. The highest BCUT2D eigenvalue weighted by Crippen LogP contribution is 2.31. The minimum Gasteiger partial charge on any atom is -0.508 e. The van der Waals surface area contributed by atoms with E-state index in [0.29, 0.717) is 11.1 Å². The zero-order valence-corrected chi connectivity index (χ0v) is 13.1. The zero-order valence-electron chi connectivity index (χ0n) is 13.1. The molecule has 0 radical (unpaired) electrons. The van der Waals surface area contributed by atoms with Crippen LogP contribution in [-0.4, -0.2) is 12.2 Å². The lowest BCUT2D eigenvalue weighted by atomic mass is 9.95. The van der Waals surface area contributed by atoms with Crippen LogP contribution in [0, 0.1) is 0 Å². The average Bonchev–Trinajstić information content (AvgIpc) is 2.55. The van der Waals surface area contributed by atoms with E-state index in [4.69, 9.17) is 9.15 Å². The number of hydrogen-bond donors (Lipinski definition) is 1. The largest absolute Gasteiger partial charge is 0.508 e. The lowest BCUT2D eigenvalue weighted by molar-refractivity contribution is 0.415. The Balaban J connectivity index is 2.29. The first-order valence-corrected chi connectivity index (χ1v) is 7.57. The maximum atomic E-state index is 12.5. The maximum Gasteiger partial charge on any atom is 0.344 e. The predicted octanol–water partition coefficient (Wildman–Crippen LogP) is 4.13. The normalized spacial score (nSPS) is 10.9. The number of phenolic OH excluding ortho intramolecular Hbond substituents is 1. The van der Waals surface area contributed by atoms with Gasteiger partial charge >= 0.3 is 5.63 Å². The third kappa shape index (κ3) is 2.80. The molecule has 0 aliphatic heterocycles. The Bertz CT molecular complexity index is 892. The summed E-state index contributed by atoms with van der Waals surface area (Å²) in [7, 11) is 1.61. The molecular weight excluding hydrogens is 292 g/mol. The summed E-state index contributed by atoms with van der Waals surface area (Å²) >= 11 is 0. The molecule has 0 aliphatic carbocycles. The maximum absolute atomic E-state index is 12.5. The molecule has 23 heavy (non-hydrogen) atoms. The molecule has 1 heterocycles. The molecule has 0 fully saturated rings. The number of aryl methyl sites for hydroxylation is 1. The number of ether oxygens (including phenoxy) is 1. The van der Waals surface area contributed by atoms with Gasteiger partial charge in [0.25, 0.3) is 0 Å². The molecule has 2 aromatic carbocycles. The highest BCUT2D eigenvalue weighted by Gasteiger charge is 2.16. The summed E-state index contributed by atoms with van der Waals surface area (Å²) in [6, 6.07) is 12.3. The number of hydrogen-bond acceptors (Lipinski definition) is 4. The van der Waals surface area contributed by atoms with Gasteiger partial charge in [-0.3, -0.25) is 0 Å². The van der Waals surface area contributed by atoms with Gasteiger partial charge in [-0.2, -0.15) is 0 Å². The van der Waals surface area contributed by atoms with E-state index in [1.807, 2.05) is 24.3 Å². The summed E-state index contributed by atoms with van der Waals surface area (Å²) in [5, 5.41) is 10.5. The van der Waals surface area contributed by atoms with Crippen LogP contribution in [0.1, 0.15) is 18.9 Å². The minimum absolute atomic E-state index is 0.0836. The molecule has 4 nitrogen and oxygen atoms in total. The number of fused-ring (bicyclic) bond motifs is 1. The average molecular weight is 310 g/mol. The molecule has 0 saturated carbocycles. The second-order valence-electron chi connectivity index (χ2n) is 5.40. The van der Waals surface area contributed by atoms with Crippen LogP contribution in [0.15, 0.2) is 51.7 Å². The van der Waals surface area contributed by atoms with Crippen molar-refractivity contribution in [1.29, 1.82) is 0 Å². The van der Waals surface area contributed by atoms with Gasteiger partial charge in [-0.15, -0.1) is 0 Å². The van der Waals surface area contributed by atoms with Crippen molar-refractivity contribution in [3.05, 3.63) is 58.4 Å². The van der Waals surface area contributed by atoms with Gasteiger partial charge in [0.2, 0.25) is 0 Å². The summed E-state index contributed by atoms with van der Waals surface area (Å²) < 4.78 is 10.6. The molecule has 118 valence electrons. The lowest BCUT2D eigenvalue weighted by Crippen LogP contribution is -2.08. The standard InChI is InChI=1S/C19H18O4/c1-3-4-16-15-10-7-13(20)11-17(15)23-19(21)18(16)12-5-8-14(22-2)9-6-12/h5-11,20H,3-4H2,1-2H3. The van der Waals surface area contributed by atoms with Gasteiger partial charge < -0.3 is 14.3 Å². The first-order chi connectivity index (χ1) is 11.1. The molecular formula is C19H18O4. The van der Waals surface area contributed by atoms with Crippen LogP contribution in [0.4, 0.5) is 0 Å². The van der Waals surface area contributed by atoms with E-state index in [1.54, 1.807) is 19.2 Å². The van der Waals surface area contributed by atoms with Crippen LogP contribution in [-0.2, 0) is 6.42 Å². The van der Waals surface area contributed by atoms with Crippen LogP contribution in [0.3, 0.4) is 0 Å². The Morgan fingerprint density at radius 2 is 1.87 bits per heavy atom. The third-order valence-electron chi connectivity index (χ3n) is 3.88. The van der Waals surface area contributed by atoms with Crippen LogP contribution >= 0.6 is 0 Å². The molecule has 1 aromatic heterocycles. The zero-order chi connectivity index (χ0) is 16.4. The second-order valence-corrected chi connectivity index (χ2v) is 5.40. The highest BCUT2D eigenvalue weighted by molar-refractivity contribution is 5.87. The fraction of sp³-hybridized carbons (Fsp3) is 0.211. The number of methoxy groups -OCH3 is 1. The summed E-state index contributed by atoms with van der Waals surface area (Å²) in [5.41, 5.74) is 2.35. The molecule has 0 spiro atoms. The van der Waals surface area contributed by atoms with Gasteiger partial charge in [0.1, 0.15) is 17.1 Å². The molecule has 4 heteroatoms. The van der Waals surface area contributed by atoms with Gasteiger partial charge in [-0.05, 0) is 41.8 Å². The van der Waals surface area contributed by atoms with E-state index >= 15 is 0 Å². The number of benzene rings is 2. The van der Waals surface area contributed by atoms with E-state index in [9.17, 15) is 9.90 Å². The number of phenols is 1. The van der Waals surface area contributed by atoms with E-state index in [1.165, 1.54) is 6.07 Å². The molecule has 0 unspecified atom stereocenters. The molecule has 0 aliphatic rings. The fourth-order valence-corrected chi connectivity index (χ4v) is 2.81. The molecule has 0 saturated heterocycles. The van der Waals surface area contributed by atoms with Crippen LogP contribution < -0.4 is 10.4 Å². The lowest BCUT2D eigenvalue weighted by Gasteiger charge is -2.11. The molecule has 3 aromatic rings. The SMILES string of the molecule is CCCc1c(-c2ccc(OC)cc2)c(=O)oc2cc(O)ccc12. The molecule has 0 bridgehead atoms. The summed E-state index contributed by atoms with van der Waals surface area (Å²) in [5.74, 6) is 0.821. The van der Waals surface area contributed by atoms with E-state index in [0.717, 1.165) is 35.1 Å². The van der Waals surface area contributed by atoms with E-state index in [2.05, 4.69) is 6.92 Å². The van der Waals surface area contributed by atoms with Crippen molar-refractivity contribution in [3.63, 3.8) is 0 Å². The van der Waals surface area contributed by atoms with Crippen LogP contribution in [0.5, 0.6) is 11.5 Å². The Labute approximate surface area is 134 Å². The van der Waals surface area contributed by atoms with Crippen molar-refractivity contribution in [2.24, 2.45) is 0 Å². The van der Waals surface area contributed by atoms with Crippen molar-refractivity contribution in [1.82, 2.24) is 0 Å². The van der Waals surface area contributed by atoms with Gasteiger partial charge in [0.15, 0.2) is 0 Å². The molecule has 0 amide bonds. The number of aromatic hydroxyl groups is 1. The fourth-order valence-electron chi connectivity index (χ4n) is 2.81. The van der Waals surface area contributed by atoms with Gasteiger partial charge in [-0.25, -0.2) is 4.79 Å². The Morgan fingerprint density at radius 3 is 2.52 bits per heavy atom. The molecule has 3 rings (SSSR count). The van der Waals surface area contributed by atoms with Crippen molar-refractivity contribution < 1.29 is 14.3 Å². The van der Waals surface area contributed by atoms with Crippen LogP contribution in [0.2, 0.25) is 0 Å². The van der Waals surface area contributed by atoms with Gasteiger partial charge in [0, 0.05) is 11.5 Å². The van der Waals surface area contributed by atoms with Crippen molar-refractivity contribution in [2.45, 2.75) is 19.8 Å². The number of rotatable bonds is 4. The quantitative estimate of drug-likeness (QED) is 0.736. The topological polar surface area (TPSA) is 59.7 Å². The van der Waals surface area contributed by atoms with Crippen molar-refractivity contribution in [3.8, 4) is 22.6 Å². The summed E-state index contributed by atoms with van der Waals surface area (Å²) in [6.07, 6.45) is 1.66. The third-order valence-corrected chi connectivity index (χ3v) is 3.88. The smallest absolute Gasteiger partial charge is 0.344 e. The Morgan fingerprint density at radius 1 is 1.13 bits per heavy atom. The minimum atomic E-state index is -0.392. The highest BCUT2D eigenvalue weighted by atomic mass is 16.5. The van der Waals surface area contributed by atoms with E-state index in [-0.39, 0.29) is 5.75 Å². The summed E-state index contributed by atoms with van der Waals surface area (Å²) in [6.45, 7) is 2.07. The van der Waals surface area contributed by atoms with Crippen molar-refractivity contribution in [2.75, 3.05) is 7.11 Å². The first kappa shape index (κ1) is 15.2. The first-order valence-electron chi connectivity index (χ1n) is 7.57. The van der Waals surface area contributed by atoms with E-state index < -0.39 is 5.63 Å². The van der Waals surface area contributed by atoms with Gasteiger partial charge in [0.05, 0.1) is 12.7 Å². The molecule has 1 N–H and O–H groups in total. The van der Waals surface area contributed by atoms with Crippen LogP contribution in [0.25, 0.3) is 22.1 Å². The van der Waals surface area contributed by atoms with Gasteiger partial charge in [-0.1, -0.05) is 25.5 Å². The Hall–Kier alpha value is -2.75. The van der Waals surface area contributed by atoms with Crippen molar-refractivity contribution >= 4 is 11.0 Å². The molecule has 0 atom stereocenters. The second kappa shape index (κ2) is 6.16. The monoisotopic (exact) mass is 310 g/mol. The predicted molar refractivity (Wildman–Crippen MR) is 90.1 cm³/mol.